The van der Waals surface area contributed by atoms with Crippen molar-refractivity contribution in [3.05, 3.63) is 46.5 Å². The van der Waals surface area contributed by atoms with E-state index < -0.39 is 13.9 Å². The van der Waals surface area contributed by atoms with Crippen LogP contribution in [-0.2, 0) is 18.7 Å². The van der Waals surface area contributed by atoms with E-state index in [1.807, 2.05) is 44.7 Å². The predicted octanol–water partition coefficient (Wildman–Crippen LogP) is 6.55. The second-order valence-corrected chi connectivity index (χ2v) is 17.3. The normalized spacial score (nSPS) is 25.2. The Morgan fingerprint density at radius 3 is 2.06 bits per heavy atom. The lowest BCUT2D eigenvalue weighted by atomic mass is 9.59. The first-order chi connectivity index (χ1) is 16.2. The van der Waals surface area contributed by atoms with E-state index in [0.717, 1.165) is 22.3 Å². The first-order valence-corrected chi connectivity index (χ1v) is 15.7. The molecular formula is C28H41NO5Si. The number of rotatable bonds is 6. The third kappa shape index (κ3) is 4.35. The number of benzene rings is 1. The van der Waals surface area contributed by atoms with E-state index >= 15 is 0 Å². The summed E-state index contributed by atoms with van der Waals surface area (Å²) < 4.78 is 17.8. The summed E-state index contributed by atoms with van der Waals surface area (Å²) in [7, 11) is -1.91. The van der Waals surface area contributed by atoms with Gasteiger partial charge in [0.15, 0.2) is 8.32 Å². The minimum atomic E-state index is -1.91. The van der Waals surface area contributed by atoms with Crippen LogP contribution >= 0.6 is 0 Å². The van der Waals surface area contributed by atoms with E-state index in [1.165, 1.54) is 0 Å². The summed E-state index contributed by atoms with van der Waals surface area (Å²) in [4.78, 5) is 28.4. The Morgan fingerprint density at radius 1 is 0.971 bits per heavy atom. The van der Waals surface area contributed by atoms with Crippen molar-refractivity contribution >= 4 is 20.4 Å². The maximum Gasteiger partial charge on any atom is 0.411 e. The smallest absolute Gasteiger partial charge is 0.411 e. The minimum Gasteiger partial charge on any atom is -0.463 e. The summed E-state index contributed by atoms with van der Waals surface area (Å²) in [6.07, 6.45) is 0.355. The Kier molecular flexibility index (Phi) is 6.50. The summed E-state index contributed by atoms with van der Waals surface area (Å²) >= 11 is 0. The van der Waals surface area contributed by atoms with Crippen LogP contribution < -0.4 is 0 Å². The van der Waals surface area contributed by atoms with E-state index in [1.54, 1.807) is 0 Å². The van der Waals surface area contributed by atoms with Crippen LogP contribution in [0, 0.1) is 11.8 Å². The quantitative estimate of drug-likeness (QED) is 0.328. The molecule has 1 amide bonds. The van der Waals surface area contributed by atoms with Gasteiger partial charge in [-0.25, -0.2) is 9.59 Å². The van der Waals surface area contributed by atoms with Gasteiger partial charge < -0.3 is 13.9 Å². The molecule has 3 aliphatic rings. The molecule has 0 N–H and O–H groups in total. The standard InChI is InChI=1S/C28H41NO5Si/c1-10-32-25(30)21-19(15-16-33-35(8,9)28(5,6)7)20-22(21)24-18-14-12-11-13-17(18)23(20)29(24)26(31)34-27(2,3)4/h11-14,20,22-24H,10,15-16H2,1-9H3/t20-,22-,23+,24-/m0/s1. The van der Waals surface area contributed by atoms with Crippen molar-refractivity contribution in [1.29, 1.82) is 0 Å². The molecule has 4 rings (SSSR count). The highest BCUT2D eigenvalue weighted by atomic mass is 28.4. The molecule has 1 saturated heterocycles. The summed E-state index contributed by atoms with van der Waals surface area (Å²) in [5, 5.41) is 0.117. The van der Waals surface area contributed by atoms with E-state index in [4.69, 9.17) is 13.9 Å². The fourth-order valence-electron chi connectivity index (χ4n) is 5.64. The molecule has 2 aliphatic heterocycles. The summed E-state index contributed by atoms with van der Waals surface area (Å²) in [6.45, 7) is 19.6. The molecule has 4 atom stereocenters. The van der Waals surface area contributed by atoms with Crippen molar-refractivity contribution in [1.82, 2.24) is 4.90 Å². The molecule has 1 fully saturated rings. The topological polar surface area (TPSA) is 65.1 Å². The lowest BCUT2D eigenvalue weighted by molar-refractivity contribution is -0.140. The molecule has 0 saturated carbocycles. The molecule has 1 aromatic carbocycles. The number of hydrogen-bond donors (Lipinski definition) is 0. The van der Waals surface area contributed by atoms with Crippen molar-refractivity contribution in [2.75, 3.05) is 13.2 Å². The van der Waals surface area contributed by atoms with Gasteiger partial charge in [-0.1, -0.05) is 50.6 Å². The molecule has 2 heterocycles. The first kappa shape index (κ1) is 26.0. The monoisotopic (exact) mass is 499 g/mol. The second kappa shape index (κ2) is 8.77. The Hall–Kier alpha value is -2.12. The van der Waals surface area contributed by atoms with Crippen molar-refractivity contribution in [3.8, 4) is 0 Å². The third-order valence-corrected chi connectivity index (χ3v) is 12.7. The molecule has 35 heavy (non-hydrogen) atoms. The fraction of sp³-hybridized carbons (Fsp3) is 0.643. The van der Waals surface area contributed by atoms with E-state index in [0.29, 0.717) is 19.6 Å². The summed E-state index contributed by atoms with van der Waals surface area (Å²) in [5.41, 5.74) is 3.51. The third-order valence-electron chi connectivity index (χ3n) is 8.12. The molecule has 0 aromatic heterocycles. The molecule has 192 valence electrons. The number of ether oxygens (including phenoxy) is 2. The van der Waals surface area contributed by atoms with E-state index in [9.17, 15) is 9.59 Å². The van der Waals surface area contributed by atoms with Crippen molar-refractivity contribution in [2.24, 2.45) is 11.8 Å². The van der Waals surface area contributed by atoms with Gasteiger partial charge in [0.2, 0.25) is 0 Å². The lowest BCUT2D eigenvalue weighted by Crippen LogP contribution is -2.42. The van der Waals surface area contributed by atoms with Crippen molar-refractivity contribution < 1.29 is 23.5 Å². The maximum absolute atomic E-state index is 13.4. The second-order valence-electron chi connectivity index (χ2n) is 12.5. The Labute approximate surface area is 211 Å². The molecule has 6 nitrogen and oxygen atoms in total. The SMILES string of the molecule is CCOC(=O)C1=C(CCO[Si](C)(C)C(C)(C)C)[C@H]2[C@@H]1[C@@H]1c3ccccc3[C@H]2N1C(=O)OC(C)(C)C. The van der Waals surface area contributed by atoms with Crippen LogP contribution in [0.5, 0.6) is 0 Å². The highest BCUT2D eigenvalue weighted by Gasteiger charge is 2.66. The number of carbonyl (C=O) groups excluding carboxylic acids is 2. The number of hydrogen-bond acceptors (Lipinski definition) is 5. The summed E-state index contributed by atoms with van der Waals surface area (Å²) in [5.74, 6) is -0.237. The van der Waals surface area contributed by atoms with Gasteiger partial charge in [0.25, 0.3) is 0 Å². The van der Waals surface area contributed by atoms with Crippen LogP contribution in [0.15, 0.2) is 35.4 Å². The molecule has 0 spiro atoms. The van der Waals surface area contributed by atoms with Gasteiger partial charge in [0.1, 0.15) is 5.60 Å². The van der Waals surface area contributed by atoms with Crippen LogP contribution in [-0.4, -0.2) is 44.1 Å². The molecule has 0 radical (unpaired) electrons. The molecule has 2 bridgehead atoms. The zero-order chi connectivity index (χ0) is 25.9. The average Bonchev–Trinajstić information content (AvgIpc) is 3.17. The number of esters is 1. The first-order valence-electron chi connectivity index (χ1n) is 12.8. The van der Waals surface area contributed by atoms with Gasteiger partial charge in [0.05, 0.1) is 18.7 Å². The van der Waals surface area contributed by atoms with E-state index in [2.05, 4.69) is 46.0 Å². The van der Waals surface area contributed by atoms with Crippen LogP contribution in [0.3, 0.4) is 0 Å². The lowest BCUT2D eigenvalue weighted by Gasteiger charge is -2.43. The highest BCUT2D eigenvalue weighted by molar-refractivity contribution is 6.74. The van der Waals surface area contributed by atoms with Crippen LogP contribution in [0.1, 0.15) is 78.1 Å². The Morgan fingerprint density at radius 2 is 1.54 bits per heavy atom. The zero-order valence-electron chi connectivity index (χ0n) is 22.7. The molecule has 1 aliphatic carbocycles. The van der Waals surface area contributed by atoms with Gasteiger partial charge in [-0.3, -0.25) is 4.90 Å². The number of nitrogens with zero attached hydrogens (tertiary/aromatic N) is 1. The largest absolute Gasteiger partial charge is 0.463 e. The highest BCUT2D eigenvalue weighted by Crippen LogP contribution is 2.69. The van der Waals surface area contributed by atoms with Gasteiger partial charge in [0, 0.05) is 24.0 Å². The van der Waals surface area contributed by atoms with Gasteiger partial charge in [-0.15, -0.1) is 0 Å². The average molecular weight is 500 g/mol. The fourth-order valence-corrected chi connectivity index (χ4v) is 6.69. The minimum absolute atomic E-state index is 0.0654. The number of fused-ring (bicyclic) bond motifs is 8. The van der Waals surface area contributed by atoms with Crippen LogP contribution in [0.25, 0.3) is 0 Å². The Balaban J connectivity index is 1.67. The summed E-state index contributed by atoms with van der Waals surface area (Å²) in [6, 6.07) is 7.88. The number of carbonyl (C=O) groups is 2. The molecular weight excluding hydrogens is 458 g/mol. The van der Waals surface area contributed by atoms with Gasteiger partial charge in [-0.05, 0) is 63.4 Å². The number of amides is 1. The molecule has 0 unspecified atom stereocenters. The van der Waals surface area contributed by atoms with Gasteiger partial charge >= 0.3 is 12.1 Å². The molecule has 7 heteroatoms. The van der Waals surface area contributed by atoms with Crippen molar-refractivity contribution in [2.45, 2.75) is 90.7 Å². The van der Waals surface area contributed by atoms with Crippen molar-refractivity contribution in [3.63, 3.8) is 0 Å². The van der Waals surface area contributed by atoms with E-state index in [-0.39, 0.29) is 41.0 Å². The maximum atomic E-state index is 13.4. The predicted molar refractivity (Wildman–Crippen MR) is 138 cm³/mol. The zero-order valence-corrected chi connectivity index (χ0v) is 23.7. The molecule has 1 aromatic rings. The van der Waals surface area contributed by atoms with Gasteiger partial charge in [-0.2, -0.15) is 0 Å². The Bertz CT molecular complexity index is 1050. The van der Waals surface area contributed by atoms with Crippen LogP contribution in [0.4, 0.5) is 4.79 Å². The van der Waals surface area contributed by atoms with Crippen LogP contribution in [0.2, 0.25) is 18.1 Å².